The second kappa shape index (κ2) is 7.92. The molecule has 0 radical (unpaired) electrons. The predicted molar refractivity (Wildman–Crippen MR) is 93.0 cm³/mol. The monoisotopic (exact) mass is 325 g/mol. The van der Waals surface area contributed by atoms with Gasteiger partial charge in [-0.25, -0.2) is 5.43 Å². The highest BCUT2D eigenvalue weighted by molar-refractivity contribution is 6.03. The van der Waals surface area contributed by atoms with Crippen molar-refractivity contribution < 1.29 is 14.7 Å². The number of hydrogen-bond donors (Lipinski definition) is 3. The molecule has 2 amide bonds. The fourth-order valence-electron chi connectivity index (χ4n) is 1.98. The van der Waals surface area contributed by atoms with E-state index in [-0.39, 0.29) is 12.2 Å². The zero-order valence-corrected chi connectivity index (χ0v) is 13.5. The summed E-state index contributed by atoms with van der Waals surface area (Å²) in [5.41, 5.74) is 5.56. The van der Waals surface area contributed by atoms with Crippen LogP contribution in [0.5, 0.6) is 5.75 Å². The van der Waals surface area contributed by atoms with E-state index in [1.165, 1.54) is 12.3 Å². The molecule has 0 spiro atoms. The molecule has 0 aromatic heterocycles. The Hall–Kier alpha value is -3.15. The molecule has 0 saturated carbocycles. The molecule has 3 N–H and O–H groups in total. The molecule has 6 nitrogen and oxygen atoms in total. The number of phenolic OH excluding ortho intramolecular Hbond substituents is 1. The average Bonchev–Trinajstić information content (AvgIpc) is 2.52. The van der Waals surface area contributed by atoms with Crippen molar-refractivity contribution in [3.05, 3.63) is 59.2 Å². The van der Waals surface area contributed by atoms with E-state index in [4.69, 9.17) is 0 Å². The average molecular weight is 325 g/mol. The molecule has 0 aliphatic carbocycles. The molecule has 2 aromatic carbocycles. The fraction of sp³-hybridized carbons (Fsp3) is 0.167. The number of nitrogens with zero attached hydrogens (tertiary/aromatic N) is 1. The van der Waals surface area contributed by atoms with Crippen LogP contribution in [0.15, 0.2) is 47.6 Å². The van der Waals surface area contributed by atoms with Gasteiger partial charge in [-0.2, -0.15) is 5.10 Å². The van der Waals surface area contributed by atoms with Crippen LogP contribution in [0.25, 0.3) is 0 Å². The van der Waals surface area contributed by atoms with E-state index in [0.29, 0.717) is 11.3 Å². The number of hydrazone groups is 1. The number of aromatic hydroxyl groups is 1. The van der Waals surface area contributed by atoms with Crippen molar-refractivity contribution in [2.75, 3.05) is 5.32 Å². The molecule has 124 valence electrons. The van der Waals surface area contributed by atoms with Crippen molar-refractivity contribution in [1.29, 1.82) is 0 Å². The quantitative estimate of drug-likeness (QED) is 0.448. The third-order valence-corrected chi connectivity index (χ3v) is 3.44. The molecule has 0 unspecified atom stereocenters. The lowest BCUT2D eigenvalue weighted by atomic mass is 10.1. The summed E-state index contributed by atoms with van der Waals surface area (Å²) in [4.78, 5) is 23.5. The van der Waals surface area contributed by atoms with Crippen LogP contribution >= 0.6 is 0 Å². The fourth-order valence-corrected chi connectivity index (χ4v) is 1.98. The molecular weight excluding hydrogens is 306 g/mol. The topological polar surface area (TPSA) is 90.8 Å². The number of carbonyl (C=O) groups excluding carboxylic acids is 2. The lowest BCUT2D eigenvalue weighted by Crippen LogP contribution is -2.24. The molecule has 6 heteroatoms. The van der Waals surface area contributed by atoms with Crippen molar-refractivity contribution in [2.45, 2.75) is 20.3 Å². The van der Waals surface area contributed by atoms with Crippen LogP contribution in [0.2, 0.25) is 0 Å². The van der Waals surface area contributed by atoms with Gasteiger partial charge in [0.2, 0.25) is 11.8 Å². The van der Waals surface area contributed by atoms with Crippen LogP contribution in [0.3, 0.4) is 0 Å². The Labute approximate surface area is 140 Å². The van der Waals surface area contributed by atoms with Crippen LogP contribution in [0.1, 0.15) is 23.1 Å². The molecule has 0 heterocycles. The van der Waals surface area contributed by atoms with Gasteiger partial charge in [0.25, 0.3) is 0 Å². The maximum Gasteiger partial charge on any atom is 0.249 e. The molecular formula is C18H19N3O3. The summed E-state index contributed by atoms with van der Waals surface area (Å²) < 4.78 is 0. The second-order valence-electron chi connectivity index (χ2n) is 5.38. The smallest absolute Gasteiger partial charge is 0.249 e. The van der Waals surface area contributed by atoms with Crippen LogP contribution in [0, 0.1) is 13.8 Å². The Morgan fingerprint density at radius 1 is 1.08 bits per heavy atom. The van der Waals surface area contributed by atoms with Crippen LogP contribution < -0.4 is 10.7 Å². The lowest BCUT2D eigenvalue weighted by Gasteiger charge is -2.07. The summed E-state index contributed by atoms with van der Waals surface area (Å²) in [5.74, 6) is -0.903. The Bertz CT molecular complexity index is 785. The third-order valence-electron chi connectivity index (χ3n) is 3.44. The number of amides is 2. The minimum atomic E-state index is -0.539. The molecule has 0 saturated heterocycles. The Kier molecular flexibility index (Phi) is 5.68. The SMILES string of the molecule is Cc1ccc(NC(=O)CC(=O)NN=Cc2ccccc2O)cc1C. The first-order valence-corrected chi connectivity index (χ1v) is 7.42. The largest absolute Gasteiger partial charge is 0.507 e. The molecule has 0 bridgehead atoms. The molecule has 0 aliphatic rings. The molecule has 0 fully saturated rings. The molecule has 0 aliphatic heterocycles. The van der Waals surface area contributed by atoms with E-state index in [2.05, 4.69) is 15.8 Å². The summed E-state index contributed by atoms with van der Waals surface area (Å²) in [5, 5.41) is 15.9. The summed E-state index contributed by atoms with van der Waals surface area (Å²) >= 11 is 0. The van der Waals surface area contributed by atoms with Gasteiger partial charge in [0.15, 0.2) is 0 Å². The number of benzene rings is 2. The van der Waals surface area contributed by atoms with Gasteiger partial charge in [-0.3, -0.25) is 9.59 Å². The normalized spacial score (nSPS) is 10.6. The summed E-state index contributed by atoms with van der Waals surface area (Å²) in [6.07, 6.45) is 0.972. The standard InChI is InChI=1S/C18H19N3O3/c1-12-7-8-15(9-13(12)2)20-17(23)10-18(24)21-19-11-14-5-3-4-6-16(14)22/h3-9,11,22H,10H2,1-2H3,(H,20,23)(H,21,24). The van der Waals surface area contributed by atoms with Crippen LogP contribution in [-0.4, -0.2) is 23.1 Å². The third kappa shape index (κ3) is 4.95. The Morgan fingerprint density at radius 2 is 1.83 bits per heavy atom. The first kappa shape index (κ1) is 17.2. The minimum Gasteiger partial charge on any atom is -0.507 e. The number of nitrogens with one attached hydrogen (secondary N) is 2. The highest BCUT2D eigenvalue weighted by Gasteiger charge is 2.09. The van der Waals surface area contributed by atoms with Gasteiger partial charge in [0.1, 0.15) is 12.2 Å². The van der Waals surface area contributed by atoms with Crippen molar-refractivity contribution in [3.63, 3.8) is 0 Å². The maximum atomic E-state index is 11.8. The first-order chi connectivity index (χ1) is 11.5. The van der Waals surface area contributed by atoms with Gasteiger partial charge in [0.05, 0.1) is 6.21 Å². The zero-order chi connectivity index (χ0) is 17.5. The predicted octanol–water partition coefficient (Wildman–Crippen LogP) is 2.49. The number of aryl methyl sites for hydroxylation is 2. The van der Waals surface area contributed by atoms with Gasteiger partial charge in [0, 0.05) is 11.3 Å². The number of phenols is 1. The van der Waals surface area contributed by atoms with Crippen molar-refractivity contribution in [2.24, 2.45) is 5.10 Å². The van der Waals surface area contributed by atoms with E-state index in [0.717, 1.165) is 11.1 Å². The lowest BCUT2D eigenvalue weighted by molar-refractivity contribution is -0.126. The van der Waals surface area contributed by atoms with Crippen LogP contribution in [0.4, 0.5) is 5.69 Å². The molecule has 2 aromatic rings. The zero-order valence-electron chi connectivity index (χ0n) is 13.5. The molecule has 2 rings (SSSR count). The van der Waals surface area contributed by atoms with E-state index in [9.17, 15) is 14.7 Å². The Morgan fingerprint density at radius 3 is 2.54 bits per heavy atom. The molecule has 0 atom stereocenters. The van der Waals surface area contributed by atoms with E-state index in [1.54, 1.807) is 24.3 Å². The second-order valence-corrected chi connectivity index (χ2v) is 5.38. The van der Waals surface area contributed by atoms with E-state index in [1.807, 2.05) is 26.0 Å². The summed E-state index contributed by atoms with van der Waals surface area (Å²) in [7, 11) is 0. The van der Waals surface area contributed by atoms with Crippen LogP contribution in [-0.2, 0) is 9.59 Å². The highest BCUT2D eigenvalue weighted by atomic mass is 16.3. The van der Waals surface area contributed by atoms with E-state index >= 15 is 0 Å². The van der Waals surface area contributed by atoms with E-state index < -0.39 is 11.8 Å². The number of para-hydroxylation sites is 1. The van der Waals surface area contributed by atoms with Crippen molar-refractivity contribution in [1.82, 2.24) is 5.43 Å². The van der Waals surface area contributed by atoms with Gasteiger partial charge in [-0.15, -0.1) is 0 Å². The first-order valence-electron chi connectivity index (χ1n) is 7.42. The minimum absolute atomic E-state index is 0.0583. The van der Waals surface area contributed by atoms with Gasteiger partial charge in [-0.1, -0.05) is 18.2 Å². The summed E-state index contributed by atoms with van der Waals surface area (Å²) in [6.45, 7) is 3.93. The number of hydrogen-bond acceptors (Lipinski definition) is 4. The number of carbonyl (C=O) groups is 2. The Balaban J connectivity index is 1.84. The van der Waals surface area contributed by atoms with Gasteiger partial charge in [-0.05, 0) is 49.2 Å². The highest BCUT2D eigenvalue weighted by Crippen LogP contribution is 2.14. The van der Waals surface area contributed by atoms with Crippen molar-refractivity contribution in [3.8, 4) is 5.75 Å². The molecule has 24 heavy (non-hydrogen) atoms. The number of anilines is 1. The van der Waals surface area contributed by atoms with Crippen molar-refractivity contribution >= 4 is 23.7 Å². The van der Waals surface area contributed by atoms with Gasteiger partial charge >= 0.3 is 0 Å². The maximum absolute atomic E-state index is 11.8. The van der Waals surface area contributed by atoms with Gasteiger partial charge < -0.3 is 10.4 Å². The summed E-state index contributed by atoms with van der Waals surface area (Å²) in [6, 6.07) is 12.1. The number of rotatable bonds is 5.